The molecule has 0 aromatic carbocycles. The first-order chi connectivity index (χ1) is 9.90. The Bertz CT molecular complexity index is 602. The van der Waals surface area contributed by atoms with E-state index >= 15 is 0 Å². The van der Waals surface area contributed by atoms with E-state index in [1.165, 1.54) is 6.07 Å². The molecule has 0 amide bonds. The maximum absolute atomic E-state index is 12.7. The van der Waals surface area contributed by atoms with Gasteiger partial charge in [-0.1, -0.05) is 6.07 Å². The number of pyridine rings is 1. The van der Waals surface area contributed by atoms with Crippen molar-refractivity contribution in [1.29, 1.82) is 0 Å². The van der Waals surface area contributed by atoms with Crippen LogP contribution in [0.15, 0.2) is 30.5 Å². The third-order valence-corrected chi connectivity index (χ3v) is 2.62. The predicted molar refractivity (Wildman–Crippen MR) is 71.1 cm³/mol. The first kappa shape index (κ1) is 15.0. The summed E-state index contributed by atoms with van der Waals surface area (Å²) in [5.41, 5.74) is 2.76. The van der Waals surface area contributed by atoms with Gasteiger partial charge < -0.3 is 10.7 Å². The van der Waals surface area contributed by atoms with E-state index in [9.17, 15) is 13.2 Å². The number of halogens is 3. The van der Waals surface area contributed by atoms with Crippen molar-refractivity contribution in [3.63, 3.8) is 0 Å². The largest absolute Gasteiger partial charge is 0.451 e. The van der Waals surface area contributed by atoms with E-state index in [0.29, 0.717) is 5.69 Å². The minimum absolute atomic E-state index is 0.00317. The number of alkyl halides is 3. The van der Waals surface area contributed by atoms with Gasteiger partial charge >= 0.3 is 6.18 Å². The van der Waals surface area contributed by atoms with Crippen LogP contribution in [0.25, 0.3) is 0 Å². The summed E-state index contributed by atoms with van der Waals surface area (Å²) >= 11 is 0. The van der Waals surface area contributed by atoms with Crippen molar-refractivity contribution in [1.82, 2.24) is 15.0 Å². The lowest BCUT2D eigenvalue weighted by Gasteiger charge is -2.16. The van der Waals surface area contributed by atoms with Gasteiger partial charge in [-0.15, -0.1) is 0 Å². The summed E-state index contributed by atoms with van der Waals surface area (Å²) in [5, 5.41) is 2.84. The van der Waals surface area contributed by atoms with Gasteiger partial charge in [-0.2, -0.15) is 13.2 Å². The van der Waals surface area contributed by atoms with Gasteiger partial charge in [0.25, 0.3) is 0 Å². The summed E-state index contributed by atoms with van der Waals surface area (Å²) in [6.45, 7) is 1.76. The van der Waals surface area contributed by atoms with Crippen LogP contribution < -0.4 is 16.6 Å². The van der Waals surface area contributed by atoms with Crippen molar-refractivity contribution in [2.24, 2.45) is 5.84 Å². The third kappa shape index (κ3) is 3.78. The Hall–Kier alpha value is -2.42. The van der Waals surface area contributed by atoms with Crippen molar-refractivity contribution < 1.29 is 13.2 Å². The lowest BCUT2D eigenvalue weighted by Crippen LogP contribution is -2.18. The van der Waals surface area contributed by atoms with Crippen LogP contribution in [0.3, 0.4) is 0 Å². The van der Waals surface area contributed by atoms with Gasteiger partial charge in [0.05, 0.1) is 11.7 Å². The van der Waals surface area contributed by atoms with Crippen molar-refractivity contribution in [3.8, 4) is 0 Å². The number of hydrazine groups is 1. The Balaban J connectivity index is 2.27. The number of aromatic nitrogens is 3. The highest BCUT2D eigenvalue weighted by Crippen LogP contribution is 2.28. The average molecular weight is 298 g/mol. The van der Waals surface area contributed by atoms with Crippen LogP contribution in [0.2, 0.25) is 0 Å². The number of hydrogen-bond acceptors (Lipinski definition) is 6. The number of nitrogens with one attached hydrogen (secondary N) is 2. The van der Waals surface area contributed by atoms with E-state index in [1.54, 1.807) is 31.3 Å². The highest BCUT2D eigenvalue weighted by atomic mass is 19.4. The molecule has 1 atom stereocenters. The van der Waals surface area contributed by atoms with Gasteiger partial charge in [-0.05, 0) is 19.1 Å². The number of nitrogens with two attached hydrogens (primary N) is 1. The summed E-state index contributed by atoms with van der Waals surface area (Å²) in [6, 6.07) is 6.25. The molecule has 0 aliphatic carbocycles. The molecule has 0 spiro atoms. The maximum Gasteiger partial charge on any atom is 0.451 e. The molecule has 2 rings (SSSR count). The van der Waals surface area contributed by atoms with E-state index < -0.39 is 12.0 Å². The molecular formula is C12H13F3N6. The molecule has 112 valence electrons. The second kappa shape index (κ2) is 5.92. The Morgan fingerprint density at radius 2 is 1.90 bits per heavy atom. The smallest absolute Gasteiger partial charge is 0.362 e. The summed E-state index contributed by atoms with van der Waals surface area (Å²) in [6.07, 6.45) is -3.06. The Kier molecular flexibility index (Phi) is 4.22. The van der Waals surface area contributed by atoms with Gasteiger partial charge in [0.2, 0.25) is 5.82 Å². The fourth-order valence-electron chi connectivity index (χ4n) is 1.65. The molecule has 0 saturated carbocycles. The van der Waals surface area contributed by atoms with E-state index in [0.717, 1.165) is 0 Å². The molecule has 2 heterocycles. The van der Waals surface area contributed by atoms with Gasteiger partial charge in [0, 0.05) is 12.3 Å². The standard InChI is InChI=1S/C12H13F3N6/c1-7(8-4-2-3-5-17-8)18-9-6-10(21-16)20-11(19-9)12(13,14)15/h2-7H,16H2,1H3,(H2,18,19,20,21). The minimum Gasteiger partial charge on any atom is -0.362 e. The van der Waals surface area contributed by atoms with Crippen molar-refractivity contribution >= 4 is 11.6 Å². The second-order valence-corrected chi connectivity index (χ2v) is 4.22. The van der Waals surface area contributed by atoms with Crippen molar-refractivity contribution in [2.45, 2.75) is 19.1 Å². The van der Waals surface area contributed by atoms with Crippen LogP contribution in [0.1, 0.15) is 24.5 Å². The molecule has 0 saturated heterocycles. The molecule has 6 nitrogen and oxygen atoms in total. The lowest BCUT2D eigenvalue weighted by atomic mass is 10.2. The summed E-state index contributed by atoms with van der Waals surface area (Å²) in [4.78, 5) is 10.8. The normalized spacial score (nSPS) is 12.8. The van der Waals surface area contributed by atoms with Gasteiger partial charge in [0.1, 0.15) is 11.6 Å². The average Bonchev–Trinajstić information content (AvgIpc) is 2.46. The molecule has 0 bridgehead atoms. The fraction of sp³-hybridized carbons (Fsp3) is 0.250. The number of nitrogens with zero attached hydrogens (tertiary/aromatic N) is 3. The molecule has 0 fully saturated rings. The SMILES string of the molecule is CC(Nc1cc(NN)nc(C(F)(F)F)n1)c1ccccn1. The summed E-state index contributed by atoms with van der Waals surface area (Å²) in [7, 11) is 0. The Morgan fingerprint density at radius 3 is 2.48 bits per heavy atom. The van der Waals surface area contributed by atoms with Crippen LogP contribution >= 0.6 is 0 Å². The zero-order valence-electron chi connectivity index (χ0n) is 11.0. The van der Waals surface area contributed by atoms with E-state index in [1.807, 2.05) is 0 Å². The lowest BCUT2D eigenvalue weighted by molar-refractivity contribution is -0.144. The molecular weight excluding hydrogens is 285 g/mol. The van der Waals surface area contributed by atoms with Crippen LogP contribution in [-0.2, 0) is 6.18 Å². The zero-order chi connectivity index (χ0) is 15.5. The van der Waals surface area contributed by atoms with Gasteiger partial charge in [0.15, 0.2) is 0 Å². The minimum atomic E-state index is -4.66. The predicted octanol–water partition coefficient (Wildman–Crippen LogP) is 2.35. The number of nitrogen functional groups attached to an aromatic ring is 1. The van der Waals surface area contributed by atoms with Crippen LogP contribution in [0.5, 0.6) is 0 Å². The molecule has 9 heteroatoms. The van der Waals surface area contributed by atoms with Gasteiger partial charge in [-0.3, -0.25) is 4.98 Å². The molecule has 0 aliphatic heterocycles. The molecule has 2 aromatic rings. The van der Waals surface area contributed by atoms with Crippen molar-refractivity contribution in [2.75, 3.05) is 10.7 Å². The molecule has 1 unspecified atom stereocenters. The topological polar surface area (TPSA) is 88.8 Å². The van der Waals surface area contributed by atoms with Crippen LogP contribution in [-0.4, -0.2) is 15.0 Å². The first-order valence-corrected chi connectivity index (χ1v) is 6.00. The molecule has 21 heavy (non-hydrogen) atoms. The monoisotopic (exact) mass is 298 g/mol. The van der Waals surface area contributed by atoms with E-state index in [4.69, 9.17) is 5.84 Å². The second-order valence-electron chi connectivity index (χ2n) is 4.22. The summed E-state index contributed by atoms with van der Waals surface area (Å²) < 4.78 is 38.1. The number of hydrogen-bond donors (Lipinski definition) is 3. The van der Waals surface area contributed by atoms with Crippen LogP contribution in [0, 0.1) is 0 Å². The zero-order valence-corrected chi connectivity index (χ0v) is 11.0. The van der Waals surface area contributed by atoms with Crippen LogP contribution in [0.4, 0.5) is 24.8 Å². The van der Waals surface area contributed by atoms with E-state index in [2.05, 4.69) is 25.7 Å². The molecule has 2 aromatic heterocycles. The molecule has 4 N–H and O–H groups in total. The Morgan fingerprint density at radius 1 is 1.19 bits per heavy atom. The summed E-state index contributed by atoms with van der Waals surface area (Å²) in [5.74, 6) is 3.73. The highest BCUT2D eigenvalue weighted by molar-refractivity contribution is 5.48. The molecule has 0 radical (unpaired) electrons. The Labute approximate surface area is 118 Å². The molecule has 0 aliphatic rings. The van der Waals surface area contributed by atoms with E-state index in [-0.39, 0.29) is 17.7 Å². The van der Waals surface area contributed by atoms with Crippen molar-refractivity contribution in [3.05, 3.63) is 42.0 Å². The maximum atomic E-state index is 12.7. The fourth-order valence-corrected chi connectivity index (χ4v) is 1.65. The number of rotatable bonds is 4. The number of anilines is 2. The highest BCUT2D eigenvalue weighted by Gasteiger charge is 2.35. The third-order valence-electron chi connectivity index (χ3n) is 2.62. The first-order valence-electron chi connectivity index (χ1n) is 6.00. The quantitative estimate of drug-likeness (QED) is 0.593. The van der Waals surface area contributed by atoms with Gasteiger partial charge in [-0.25, -0.2) is 15.8 Å².